The smallest absolute Gasteiger partial charge is 0.132 e. The third-order valence-corrected chi connectivity index (χ3v) is 3.28. The summed E-state index contributed by atoms with van der Waals surface area (Å²) in [5.74, 6) is 0.790. The van der Waals surface area contributed by atoms with Gasteiger partial charge in [-0.2, -0.15) is 5.26 Å². The van der Waals surface area contributed by atoms with E-state index in [-0.39, 0.29) is 0 Å². The minimum absolute atomic E-state index is 0.619. The lowest BCUT2D eigenvalue weighted by atomic mass is 10.0. The maximum Gasteiger partial charge on any atom is 0.132 e. The largest absolute Gasteiger partial charge is 0.496 e. The standard InChI is InChI=1S/C13H12N2OS/c1-8-4-9(2)13(16-3)10(5-8)12-11(6-14)17-7-15-12/h4-5,7H,1-3H3. The van der Waals surface area contributed by atoms with Crippen LogP contribution in [0.5, 0.6) is 5.75 Å². The molecule has 1 aromatic carbocycles. The number of ether oxygens (including phenoxy) is 1. The topological polar surface area (TPSA) is 45.9 Å². The number of aryl methyl sites for hydroxylation is 2. The molecular weight excluding hydrogens is 232 g/mol. The van der Waals surface area contributed by atoms with E-state index < -0.39 is 0 Å². The zero-order valence-corrected chi connectivity index (χ0v) is 10.8. The molecule has 0 spiro atoms. The Morgan fingerprint density at radius 3 is 2.76 bits per heavy atom. The van der Waals surface area contributed by atoms with E-state index in [9.17, 15) is 0 Å². The van der Waals surface area contributed by atoms with Gasteiger partial charge in [0.2, 0.25) is 0 Å². The number of thiazole rings is 1. The monoisotopic (exact) mass is 244 g/mol. The first kappa shape index (κ1) is 11.6. The summed E-state index contributed by atoms with van der Waals surface area (Å²) < 4.78 is 5.41. The minimum Gasteiger partial charge on any atom is -0.496 e. The van der Waals surface area contributed by atoms with Gasteiger partial charge in [-0.25, -0.2) is 4.98 Å². The lowest BCUT2D eigenvalue weighted by Gasteiger charge is -2.11. The lowest BCUT2D eigenvalue weighted by Crippen LogP contribution is -1.94. The van der Waals surface area contributed by atoms with Gasteiger partial charge in [-0.05, 0) is 31.0 Å². The molecule has 0 fully saturated rings. The molecule has 0 amide bonds. The first-order chi connectivity index (χ1) is 8.17. The summed E-state index contributed by atoms with van der Waals surface area (Å²) in [5, 5.41) is 9.05. The predicted octanol–water partition coefficient (Wildman–Crippen LogP) is 3.31. The van der Waals surface area contributed by atoms with Crippen molar-refractivity contribution in [3.8, 4) is 23.1 Å². The van der Waals surface area contributed by atoms with Crippen molar-refractivity contribution in [3.63, 3.8) is 0 Å². The maximum absolute atomic E-state index is 9.05. The van der Waals surface area contributed by atoms with Crippen LogP contribution >= 0.6 is 11.3 Å². The molecule has 0 unspecified atom stereocenters. The Bertz CT molecular complexity index is 596. The summed E-state index contributed by atoms with van der Waals surface area (Å²) in [6.45, 7) is 4.02. The predicted molar refractivity (Wildman–Crippen MR) is 68.3 cm³/mol. The molecule has 0 atom stereocenters. The van der Waals surface area contributed by atoms with E-state index in [2.05, 4.69) is 17.1 Å². The van der Waals surface area contributed by atoms with Gasteiger partial charge in [0.05, 0.1) is 12.6 Å². The maximum atomic E-state index is 9.05. The van der Waals surface area contributed by atoms with Crippen molar-refractivity contribution in [1.29, 1.82) is 5.26 Å². The van der Waals surface area contributed by atoms with Crippen molar-refractivity contribution < 1.29 is 4.74 Å². The van der Waals surface area contributed by atoms with Gasteiger partial charge in [0.15, 0.2) is 0 Å². The van der Waals surface area contributed by atoms with E-state index in [0.29, 0.717) is 10.6 Å². The summed E-state index contributed by atoms with van der Waals surface area (Å²) in [6, 6.07) is 6.22. The highest BCUT2D eigenvalue weighted by atomic mass is 32.1. The fourth-order valence-corrected chi connectivity index (χ4v) is 2.51. The van der Waals surface area contributed by atoms with Gasteiger partial charge in [-0.3, -0.25) is 0 Å². The highest BCUT2D eigenvalue weighted by Gasteiger charge is 2.15. The summed E-state index contributed by atoms with van der Waals surface area (Å²) in [5.41, 5.74) is 5.48. The molecule has 0 saturated carbocycles. The number of rotatable bonds is 2. The molecular formula is C13H12N2OS. The molecule has 1 aromatic heterocycles. The van der Waals surface area contributed by atoms with Crippen LogP contribution in [0.2, 0.25) is 0 Å². The number of nitriles is 1. The third kappa shape index (κ3) is 2.02. The second kappa shape index (κ2) is 4.56. The van der Waals surface area contributed by atoms with Crippen LogP contribution in [0, 0.1) is 25.2 Å². The molecule has 4 heteroatoms. The van der Waals surface area contributed by atoms with Gasteiger partial charge < -0.3 is 4.74 Å². The number of benzene rings is 1. The number of hydrogen-bond donors (Lipinski definition) is 0. The van der Waals surface area contributed by atoms with Gasteiger partial charge in [-0.15, -0.1) is 11.3 Å². The van der Waals surface area contributed by atoms with Gasteiger partial charge in [0.25, 0.3) is 0 Å². The van der Waals surface area contributed by atoms with Crippen LogP contribution in [0.25, 0.3) is 11.3 Å². The summed E-state index contributed by atoms with van der Waals surface area (Å²) >= 11 is 1.35. The Kier molecular flexibility index (Phi) is 3.12. The lowest BCUT2D eigenvalue weighted by molar-refractivity contribution is 0.413. The molecule has 1 heterocycles. The molecule has 0 radical (unpaired) electrons. The van der Waals surface area contributed by atoms with Gasteiger partial charge >= 0.3 is 0 Å². The molecule has 3 nitrogen and oxygen atoms in total. The molecule has 2 rings (SSSR count). The molecule has 2 aromatic rings. The zero-order chi connectivity index (χ0) is 12.4. The summed E-state index contributed by atoms with van der Waals surface area (Å²) in [6.07, 6.45) is 0. The third-order valence-electron chi connectivity index (χ3n) is 2.55. The SMILES string of the molecule is COc1c(C)cc(C)cc1-c1ncsc1C#N. The fraction of sp³-hybridized carbons (Fsp3) is 0.231. The highest BCUT2D eigenvalue weighted by Crippen LogP contribution is 2.35. The van der Waals surface area contributed by atoms with Crippen LogP contribution in [0.15, 0.2) is 17.6 Å². The number of methoxy groups -OCH3 is 1. The van der Waals surface area contributed by atoms with Gasteiger partial charge in [-0.1, -0.05) is 6.07 Å². The normalized spacial score (nSPS) is 10.0. The van der Waals surface area contributed by atoms with Crippen molar-refractivity contribution in [3.05, 3.63) is 33.6 Å². The first-order valence-electron chi connectivity index (χ1n) is 5.16. The Morgan fingerprint density at radius 1 is 1.35 bits per heavy atom. The summed E-state index contributed by atoms with van der Waals surface area (Å²) in [4.78, 5) is 4.88. The van der Waals surface area contributed by atoms with Crippen LogP contribution in [-0.4, -0.2) is 12.1 Å². The zero-order valence-electron chi connectivity index (χ0n) is 9.94. The molecule has 0 bridgehead atoms. The van der Waals surface area contributed by atoms with Crippen molar-refractivity contribution in [2.24, 2.45) is 0 Å². The fourth-order valence-electron chi connectivity index (χ4n) is 1.92. The molecule has 0 saturated heterocycles. The van der Waals surface area contributed by atoms with Crippen molar-refractivity contribution in [2.75, 3.05) is 7.11 Å². The van der Waals surface area contributed by atoms with E-state index in [1.807, 2.05) is 19.9 Å². The number of nitrogens with zero attached hydrogens (tertiary/aromatic N) is 2. The minimum atomic E-state index is 0.619. The van der Waals surface area contributed by atoms with Gasteiger partial charge in [0, 0.05) is 5.56 Å². The second-order valence-electron chi connectivity index (χ2n) is 3.80. The molecule has 0 aliphatic carbocycles. The summed E-state index contributed by atoms with van der Waals surface area (Å²) in [7, 11) is 1.64. The Hall–Kier alpha value is -1.86. The van der Waals surface area contributed by atoms with E-state index in [1.54, 1.807) is 12.6 Å². The Labute approximate surface area is 104 Å². The van der Waals surface area contributed by atoms with E-state index in [4.69, 9.17) is 10.00 Å². The molecule has 17 heavy (non-hydrogen) atoms. The van der Waals surface area contributed by atoms with Crippen LogP contribution in [-0.2, 0) is 0 Å². The quantitative estimate of drug-likeness (QED) is 0.814. The van der Waals surface area contributed by atoms with E-state index >= 15 is 0 Å². The first-order valence-corrected chi connectivity index (χ1v) is 6.04. The molecule has 0 N–H and O–H groups in total. The van der Waals surface area contributed by atoms with Crippen molar-refractivity contribution in [2.45, 2.75) is 13.8 Å². The average Bonchev–Trinajstić information content (AvgIpc) is 2.75. The van der Waals surface area contributed by atoms with E-state index in [0.717, 1.165) is 22.4 Å². The van der Waals surface area contributed by atoms with Gasteiger partial charge in [0.1, 0.15) is 22.4 Å². The Morgan fingerprint density at radius 2 is 2.12 bits per heavy atom. The number of aromatic nitrogens is 1. The van der Waals surface area contributed by atoms with Crippen molar-refractivity contribution in [1.82, 2.24) is 4.98 Å². The Balaban J connectivity index is 2.71. The number of hydrogen-bond acceptors (Lipinski definition) is 4. The second-order valence-corrected chi connectivity index (χ2v) is 4.66. The molecule has 0 aliphatic rings. The molecule has 0 aliphatic heterocycles. The van der Waals surface area contributed by atoms with Crippen molar-refractivity contribution >= 4 is 11.3 Å². The van der Waals surface area contributed by atoms with Crippen LogP contribution in [0.4, 0.5) is 0 Å². The van der Waals surface area contributed by atoms with Crippen LogP contribution in [0.3, 0.4) is 0 Å². The average molecular weight is 244 g/mol. The van der Waals surface area contributed by atoms with Crippen LogP contribution < -0.4 is 4.74 Å². The molecule has 86 valence electrons. The van der Waals surface area contributed by atoms with Crippen LogP contribution in [0.1, 0.15) is 16.0 Å². The van der Waals surface area contributed by atoms with E-state index in [1.165, 1.54) is 11.3 Å². The highest BCUT2D eigenvalue weighted by molar-refractivity contribution is 7.10.